The second-order valence-corrected chi connectivity index (χ2v) is 5.73. The second-order valence-electron chi connectivity index (χ2n) is 5.73. The molecule has 6 heteroatoms. The SMILES string of the molecule is C=CCC(=C)C(=C)\C=C(F)/C(=C\C)C(=N\C=C\C)/N/C=C/CN(N=C)/N=C\CC. The van der Waals surface area contributed by atoms with E-state index >= 15 is 0 Å². The Morgan fingerprint density at radius 1 is 1.24 bits per heavy atom. The molecule has 0 rings (SSSR count). The summed E-state index contributed by atoms with van der Waals surface area (Å²) in [6.45, 7) is 20.8. The Labute approximate surface area is 174 Å². The van der Waals surface area contributed by atoms with Gasteiger partial charge in [0.1, 0.15) is 11.7 Å². The van der Waals surface area contributed by atoms with Gasteiger partial charge in [-0.05, 0) is 50.0 Å². The Balaban J connectivity index is 5.42. The number of hydrogen-bond donors (Lipinski definition) is 1. The van der Waals surface area contributed by atoms with Crippen molar-refractivity contribution >= 4 is 18.8 Å². The zero-order chi connectivity index (χ0) is 22.1. The predicted molar refractivity (Wildman–Crippen MR) is 126 cm³/mol. The van der Waals surface area contributed by atoms with Crippen molar-refractivity contribution in [1.29, 1.82) is 0 Å². The van der Waals surface area contributed by atoms with Crippen molar-refractivity contribution in [3.05, 3.63) is 85.1 Å². The molecule has 0 amide bonds. The van der Waals surface area contributed by atoms with Gasteiger partial charge in [-0.3, -0.25) is 0 Å². The average Bonchev–Trinajstić information content (AvgIpc) is 2.71. The van der Waals surface area contributed by atoms with Gasteiger partial charge < -0.3 is 5.32 Å². The lowest BCUT2D eigenvalue weighted by molar-refractivity contribution is 0.343. The molecule has 5 nitrogen and oxygen atoms in total. The molecule has 0 radical (unpaired) electrons. The second kappa shape index (κ2) is 15.7. The predicted octanol–water partition coefficient (Wildman–Crippen LogP) is 5.82. The fourth-order valence-corrected chi connectivity index (χ4v) is 1.96. The van der Waals surface area contributed by atoms with Crippen LogP contribution in [0.15, 0.2) is 100 Å². The summed E-state index contributed by atoms with van der Waals surface area (Å²) in [6.07, 6.45) is 14.6. The maximum atomic E-state index is 14.9. The van der Waals surface area contributed by atoms with Crippen LogP contribution in [-0.4, -0.2) is 30.4 Å². The van der Waals surface area contributed by atoms with Crippen LogP contribution in [0.5, 0.6) is 0 Å². The lowest BCUT2D eigenvalue weighted by atomic mass is 10.0. The molecule has 0 aromatic carbocycles. The van der Waals surface area contributed by atoms with Gasteiger partial charge in [-0.1, -0.05) is 38.3 Å². The van der Waals surface area contributed by atoms with E-state index in [0.29, 0.717) is 35.5 Å². The molecule has 0 heterocycles. The van der Waals surface area contributed by atoms with Gasteiger partial charge in [-0.2, -0.15) is 15.3 Å². The summed E-state index contributed by atoms with van der Waals surface area (Å²) in [5.41, 5.74) is 1.52. The molecular formula is C23H32FN5. The summed E-state index contributed by atoms with van der Waals surface area (Å²) in [5.74, 6) is -0.110. The number of nitrogens with zero attached hydrogens (tertiary/aromatic N) is 4. The van der Waals surface area contributed by atoms with Crippen LogP contribution < -0.4 is 5.32 Å². The highest BCUT2D eigenvalue weighted by Crippen LogP contribution is 2.20. The maximum absolute atomic E-state index is 14.9. The summed E-state index contributed by atoms with van der Waals surface area (Å²) < 4.78 is 14.9. The minimum absolute atomic E-state index is 0.308. The average molecular weight is 398 g/mol. The van der Waals surface area contributed by atoms with Crippen molar-refractivity contribution < 1.29 is 4.39 Å². The Kier molecular flexibility index (Phi) is 14.0. The fourth-order valence-electron chi connectivity index (χ4n) is 1.96. The highest BCUT2D eigenvalue weighted by Gasteiger charge is 2.11. The topological polar surface area (TPSA) is 52.4 Å². The monoisotopic (exact) mass is 397 g/mol. The first kappa shape index (κ1) is 25.7. The number of rotatable bonds is 13. The number of nitrogens with one attached hydrogen (secondary N) is 1. The van der Waals surface area contributed by atoms with Crippen molar-refractivity contribution in [2.24, 2.45) is 15.2 Å². The highest BCUT2D eigenvalue weighted by atomic mass is 19.1. The van der Waals surface area contributed by atoms with Crippen LogP contribution in [0, 0.1) is 0 Å². The molecule has 0 aromatic heterocycles. The maximum Gasteiger partial charge on any atom is 0.139 e. The molecule has 1 N–H and O–H groups in total. The van der Waals surface area contributed by atoms with E-state index in [-0.39, 0.29) is 0 Å². The third kappa shape index (κ3) is 10.6. The van der Waals surface area contributed by atoms with Crippen LogP contribution in [0.25, 0.3) is 0 Å². The lowest BCUT2D eigenvalue weighted by Crippen LogP contribution is -2.21. The van der Waals surface area contributed by atoms with Crippen molar-refractivity contribution in [3.8, 4) is 0 Å². The number of hydrogen-bond acceptors (Lipinski definition) is 4. The summed E-state index contributed by atoms with van der Waals surface area (Å²) in [5, 5.41) is 12.4. The first-order valence-corrected chi connectivity index (χ1v) is 9.34. The summed E-state index contributed by atoms with van der Waals surface area (Å²) >= 11 is 0. The van der Waals surface area contributed by atoms with Crippen molar-refractivity contribution in [2.45, 2.75) is 33.6 Å². The quantitative estimate of drug-likeness (QED) is 0.140. The number of hydrazone groups is 2. The largest absolute Gasteiger partial charge is 0.346 e. The van der Waals surface area contributed by atoms with Crippen LogP contribution >= 0.6 is 0 Å². The molecule has 0 saturated carbocycles. The van der Waals surface area contributed by atoms with E-state index in [4.69, 9.17) is 0 Å². The van der Waals surface area contributed by atoms with Crippen LogP contribution in [0.1, 0.15) is 33.6 Å². The van der Waals surface area contributed by atoms with E-state index in [1.807, 2.05) is 13.8 Å². The third-order valence-corrected chi connectivity index (χ3v) is 3.47. The zero-order valence-corrected chi connectivity index (χ0v) is 17.7. The van der Waals surface area contributed by atoms with Crippen molar-refractivity contribution in [1.82, 2.24) is 10.4 Å². The molecule has 0 aromatic rings. The number of allylic oxidation sites excluding steroid dienone is 6. The van der Waals surface area contributed by atoms with Gasteiger partial charge >= 0.3 is 0 Å². The highest BCUT2D eigenvalue weighted by molar-refractivity contribution is 6.02. The molecule has 0 unspecified atom stereocenters. The van der Waals surface area contributed by atoms with Gasteiger partial charge in [0.25, 0.3) is 0 Å². The summed E-state index contributed by atoms with van der Waals surface area (Å²) in [4.78, 5) is 4.29. The minimum atomic E-state index is -0.464. The standard InChI is InChI=1S/C23H32FN5/c1-8-13-19(5)20(6)18-22(24)21(11-4)23(26-14-9-2)27-16-12-17-29(25-7)28-15-10-3/h8-9,11-12,14-16,18H,1,5-7,10,13,17H2,2-4H3,(H,26,27)/b14-9+,16-12+,21-11+,22-18+,28-15-. The van der Waals surface area contributed by atoms with E-state index < -0.39 is 5.83 Å². The zero-order valence-electron chi connectivity index (χ0n) is 17.7. The van der Waals surface area contributed by atoms with E-state index in [1.54, 1.807) is 49.8 Å². The number of amidine groups is 1. The number of aliphatic imine (C=N–C) groups is 1. The Morgan fingerprint density at radius 3 is 2.52 bits per heavy atom. The lowest BCUT2D eigenvalue weighted by Gasteiger charge is -2.11. The molecule has 0 aliphatic carbocycles. The van der Waals surface area contributed by atoms with Crippen LogP contribution in [0.2, 0.25) is 0 Å². The van der Waals surface area contributed by atoms with Gasteiger partial charge in [-0.25, -0.2) is 9.38 Å². The first-order valence-electron chi connectivity index (χ1n) is 9.34. The van der Waals surface area contributed by atoms with Gasteiger partial charge in [0, 0.05) is 30.9 Å². The van der Waals surface area contributed by atoms with Gasteiger partial charge in [0.15, 0.2) is 0 Å². The van der Waals surface area contributed by atoms with Crippen molar-refractivity contribution in [2.75, 3.05) is 6.54 Å². The Hall–Kier alpha value is -3.28. The summed E-state index contributed by atoms with van der Waals surface area (Å²) in [7, 11) is 0. The van der Waals surface area contributed by atoms with Crippen molar-refractivity contribution in [3.63, 3.8) is 0 Å². The minimum Gasteiger partial charge on any atom is -0.346 e. The van der Waals surface area contributed by atoms with E-state index in [0.717, 1.165) is 6.42 Å². The molecule has 0 aliphatic heterocycles. The van der Waals surface area contributed by atoms with Gasteiger partial charge in [-0.15, -0.1) is 6.58 Å². The first-order chi connectivity index (χ1) is 13.9. The van der Waals surface area contributed by atoms with E-state index in [1.165, 1.54) is 11.2 Å². The third-order valence-electron chi connectivity index (χ3n) is 3.47. The van der Waals surface area contributed by atoms with E-state index in [2.05, 4.69) is 47.0 Å². The van der Waals surface area contributed by atoms with Crippen LogP contribution in [-0.2, 0) is 0 Å². The molecule has 0 atom stereocenters. The van der Waals surface area contributed by atoms with Crippen LogP contribution in [0.3, 0.4) is 0 Å². The molecule has 29 heavy (non-hydrogen) atoms. The van der Waals surface area contributed by atoms with E-state index in [9.17, 15) is 4.39 Å². The van der Waals surface area contributed by atoms with Gasteiger partial charge in [0.2, 0.25) is 0 Å². The number of halogens is 1. The molecule has 0 fully saturated rings. The normalized spacial score (nSPS) is 13.3. The fraction of sp³-hybridized carbons (Fsp3) is 0.261. The van der Waals surface area contributed by atoms with Crippen LogP contribution in [0.4, 0.5) is 4.39 Å². The molecule has 0 saturated heterocycles. The smallest absolute Gasteiger partial charge is 0.139 e. The Morgan fingerprint density at radius 2 is 1.97 bits per heavy atom. The Bertz CT molecular complexity index is 751. The molecule has 0 aliphatic rings. The molecule has 0 bridgehead atoms. The summed E-state index contributed by atoms with van der Waals surface area (Å²) in [6, 6.07) is 0. The van der Waals surface area contributed by atoms with Gasteiger partial charge in [0.05, 0.1) is 6.54 Å². The molecular weight excluding hydrogens is 365 g/mol. The molecule has 0 spiro atoms. The molecule has 156 valence electrons.